The molecule has 2 aliphatic heterocycles. The van der Waals surface area contributed by atoms with Crippen LogP contribution in [0.5, 0.6) is 0 Å². The molecular weight excluding hydrogens is 302 g/mol. The molecule has 5 atom stereocenters. The Hall–Kier alpha value is -1.51. The van der Waals surface area contributed by atoms with Gasteiger partial charge in [-0.1, -0.05) is 18.2 Å². The molecule has 126 valence electrons. The number of hydrogen-bond donors (Lipinski definition) is 3. The van der Waals surface area contributed by atoms with E-state index in [0.717, 1.165) is 0 Å². The maximum atomic E-state index is 12.0. The second kappa shape index (κ2) is 6.18. The lowest BCUT2D eigenvalue weighted by atomic mass is 10.1. The van der Waals surface area contributed by atoms with Gasteiger partial charge in [0.25, 0.3) is 5.91 Å². The van der Waals surface area contributed by atoms with Crippen LogP contribution in [0.2, 0.25) is 0 Å². The zero-order valence-electron chi connectivity index (χ0n) is 13.0. The quantitative estimate of drug-likeness (QED) is 0.722. The van der Waals surface area contributed by atoms with E-state index in [9.17, 15) is 15.0 Å². The molecule has 0 saturated carbocycles. The second-order valence-corrected chi connectivity index (χ2v) is 6.20. The molecule has 1 amide bonds. The summed E-state index contributed by atoms with van der Waals surface area (Å²) in [5, 5.41) is 23.0. The summed E-state index contributed by atoms with van der Waals surface area (Å²) in [6, 6.07) is 8.68. The number of ether oxygens (including phenoxy) is 3. The summed E-state index contributed by atoms with van der Waals surface area (Å²) in [4.78, 5) is 12.0. The van der Waals surface area contributed by atoms with E-state index in [1.54, 1.807) is 38.1 Å². The van der Waals surface area contributed by atoms with Gasteiger partial charge in [0.15, 0.2) is 12.1 Å². The molecule has 3 rings (SSSR count). The Bertz CT molecular complexity index is 563. The summed E-state index contributed by atoms with van der Waals surface area (Å²) in [7, 11) is 0. The Morgan fingerprint density at radius 1 is 1.30 bits per heavy atom. The van der Waals surface area contributed by atoms with Crippen LogP contribution in [0.15, 0.2) is 30.3 Å². The Balaban J connectivity index is 1.54. The number of aliphatic hydroxyl groups is 2. The van der Waals surface area contributed by atoms with Crippen molar-refractivity contribution in [3.8, 4) is 0 Å². The first-order chi connectivity index (χ1) is 10.9. The molecule has 2 heterocycles. The van der Waals surface area contributed by atoms with E-state index in [2.05, 4.69) is 5.32 Å². The molecule has 7 nitrogen and oxygen atoms in total. The van der Waals surface area contributed by atoms with Gasteiger partial charge >= 0.3 is 0 Å². The van der Waals surface area contributed by atoms with Crippen LogP contribution in [0.1, 0.15) is 24.2 Å². The normalized spacial score (nSPS) is 33.2. The molecule has 2 aliphatic rings. The average Bonchev–Trinajstić information content (AvgIpc) is 2.99. The molecule has 0 radical (unpaired) electrons. The van der Waals surface area contributed by atoms with E-state index in [-0.39, 0.29) is 12.5 Å². The number of nitrogens with one attached hydrogen (secondary N) is 1. The van der Waals surface area contributed by atoms with Crippen LogP contribution in [0, 0.1) is 0 Å². The third kappa shape index (κ3) is 3.39. The van der Waals surface area contributed by atoms with E-state index in [1.807, 2.05) is 6.07 Å². The van der Waals surface area contributed by atoms with Crippen molar-refractivity contribution in [3.05, 3.63) is 35.9 Å². The molecule has 2 fully saturated rings. The Morgan fingerprint density at radius 2 is 2.00 bits per heavy atom. The van der Waals surface area contributed by atoms with Gasteiger partial charge in [-0.3, -0.25) is 4.79 Å². The minimum absolute atomic E-state index is 0.0434. The number of rotatable bonds is 4. The number of hydrogen-bond acceptors (Lipinski definition) is 6. The summed E-state index contributed by atoms with van der Waals surface area (Å²) in [6.45, 7) is 3.41. The highest BCUT2D eigenvalue weighted by Crippen LogP contribution is 2.38. The van der Waals surface area contributed by atoms with Gasteiger partial charge in [-0.15, -0.1) is 0 Å². The van der Waals surface area contributed by atoms with Crippen molar-refractivity contribution in [2.75, 3.05) is 6.54 Å². The number of fused-ring (bicyclic) bond motifs is 1. The third-order valence-electron chi connectivity index (χ3n) is 3.94. The molecule has 1 aromatic carbocycles. The van der Waals surface area contributed by atoms with Crippen LogP contribution in [0.3, 0.4) is 0 Å². The van der Waals surface area contributed by atoms with Crippen LogP contribution in [-0.4, -0.2) is 59.2 Å². The number of aliphatic hydroxyl groups excluding tert-OH is 2. The topological polar surface area (TPSA) is 97.2 Å². The Morgan fingerprint density at radius 3 is 2.65 bits per heavy atom. The van der Waals surface area contributed by atoms with Gasteiger partial charge in [-0.2, -0.15) is 0 Å². The SMILES string of the molecule is CC1(C)OC2OC(C(O)CNC(=O)c3ccccc3)C(O)C2O1. The van der Waals surface area contributed by atoms with Crippen molar-refractivity contribution in [3.63, 3.8) is 0 Å². The van der Waals surface area contributed by atoms with Gasteiger partial charge in [0.1, 0.15) is 24.4 Å². The van der Waals surface area contributed by atoms with Crippen LogP contribution in [0.25, 0.3) is 0 Å². The molecule has 7 heteroatoms. The summed E-state index contributed by atoms with van der Waals surface area (Å²) in [6.07, 6.45) is -4.33. The van der Waals surface area contributed by atoms with E-state index >= 15 is 0 Å². The van der Waals surface area contributed by atoms with Gasteiger partial charge in [0, 0.05) is 12.1 Å². The monoisotopic (exact) mass is 323 g/mol. The maximum Gasteiger partial charge on any atom is 0.251 e. The van der Waals surface area contributed by atoms with Gasteiger partial charge in [0.2, 0.25) is 0 Å². The van der Waals surface area contributed by atoms with E-state index in [0.29, 0.717) is 5.56 Å². The summed E-state index contributed by atoms with van der Waals surface area (Å²) < 4.78 is 16.6. The standard InChI is InChI=1S/C16H21NO6/c1-16(2)22-13-11(19)12(21-15(13)23-16)10(18)8-17-14(20)9-6-4-3-5-7-9/h3-7,10-13,15,18-19H,8H2,1-2H3,(H,17,20). The lowest BCUT2D eigenvalue weighted by molar-refractivity contribution is -0.225. The molecule has 0 bridgehead atoms. The number of carbonyl (C=O) groups is 1. The summed E-state index contributed by atoms with van der Waals surface area (Å²) >= 11 is 0. The largest absolute Gasteiger partial charge is 0.388 e. The summed E-state index contributed by atoms with van der Waals surface area (Å²) in [5.74, 6) is -1.13. The Kier molecular flexibility index (Phi) is 4.39. The second-order valence-electron chi connectivity index (χ2n) is 6.20. The average molecular weight is 323 g/mol. The predicted octanol–water partition coefficient (Wildman–Crippen LogP) is 0.0146. The van der Waals surface area contributed by atoms with Crippen molar-refractivity contribution >= 4 is 5.91 Å². The predicted molar refractivity (Wildman–Crippen MR) is 79.5 cm³/mol. The molecule has 3 N–H and O–H groups in total. The van der Waals surface area contributed by atoms with E-state index < -0.39 is 36.5 Å². The first-order valence-electron chi connectivity index (χ1n) is 7.58. The number of benzene rings is 1. The van der Waals surface area contributed by atoms with Crippen molar-refractivity contribution in [1.82, 2.24) is 5.32 Å². The van der Waals surface area contributed by atoms with E-state index in [4.69, 9.17) is 14.2 Å². The molecule has 0 spiro atoms. The number of carbonyl (C=O) groups excluding carboxylic acids is 1. The van der Waals surface area contributed by atoms with Gasteiger partial charge in [-0.25, -0.2) is 0 Å². The third-order valence-corrected chi connectivity index (χ3v) is 3.94. The summed E-state index contributed by atoms with van der Waals surface area (Å²) in [5.41, 5.74) is 0.498. The molecule has 23 heavy (non-hydrogen) atoms. The molecule has 1 aromatic rings. The van der Waals surface area contributed by atoms with Gasteiger partial charge in [-0.05, 0) is 26.0 Å². The zero-order chi connectivity index (χ0) is 16.6. The minimum Gasteiger partial charge on any atom is -0.388 e. The zero-order valence-corrected chi connectivity index (χ0v) is 13.0. The molecule has 0 aromatic heterocycles. The highest BCUT2D eigenvalue weighted by molar-refractivity contribution is 5.94. The lowest BCUT2D eigenvalue weighted by Gasteiger charge is -2.26. The highest BCUT2D eigenvalue weighted by atomic mass is 16.8. The molecule has 2 saturated heterocycles. The van der Waals surface area contributed by atoms with Crippen LogP contribution in [0.4, 0.5) is 0 Å². The number of amides is 1. The highest BCUT2D eigenvalue weighted by Gasteiger charge is 2.55. The first kappa shape index (κ1) is 16.4. The maximum absolute atomic E-state index is 12.0. The van der Waals surface area contributed by atoms with Crippen molar-refractivity contribution in [1.29, 1.82) is 0 Å². The van der Waals surface area contributed by atoms with Crippen LogP contribution < -0.4 is 5.32 Å². The van der Waals surface area contributed by atoms with Crippen LogP contribution in [-0.2, 0) is 14.2 Å². The van der Waals surface area contributed by atoms with Crippen LogP contribution >= 0.6 is 0 Å². The minimum atomic E-state index is -1.07. The molecule has 5 unspecified atom stereocenters. The smallest absolute Gasteiger partial charge is 0.251 e. The first-order valence-corrected chi connectivity index (χ1v) is 7.58. The molecular formula is C16H21NO6. The fraction of sp³-hybridized carbons (Fsp3) is 0.562. The van der Waals surface area contributed by atoms with Gasteiger partial charge < -0.3 is 29.7 Å². The fourth-order valence-electron chi connectivity index (χ4n) is 2.84. The van der Waals surface area contributed by atoms with Gasteiger partial charge in [0.05, 0.1) is 0 Å². The van der Waals surface area contributed by atoms with Crippen molar-refractivity contribution in [2.24, 2.45) is 0 Å². The fourth-order valence-corrected chi connectivity index (χ4v) is 2.84. The van der Waals surface area contributed by atoms with Crippen molar-refractivity contribution < 1.29 is 29.2 Å². The Labute approximate surface area is 134 Å². The van der Waals surface area contributed by atoms with Crippen molar-refractivity contribution in [2.45, 2.75) is 50.3 Å². The lowest BCUT2D eigenvalue weighted by Crippen LogP contribution is -2.46. The van der Waals surface area contributed by atoms with E-state index in [1.165, 1.54) is 0 Å². The molecule has 0 aliphatic carbocycles.